The second-order valence-electron chi connectivity index (χ2n) is 6.60. The van der Waals surface area contributed by atoms with Gasteiger partial charge in [-0.1, -0.05) is 54.6 Å². The second kappa shape index (κ2) is 7.08. The Bertz CT molecular complexity index is 1070. The Morgan fingerprint density at radius 1 is 0.643 bits per heavy atom. The average molecular weight is 365 g/mol. The van der Waals surface area contributed by atoms with Crippen LogP contribution in [0.25, 0.3) is 0 Å². The van der Waals surface area contributed by atoms with Gasteiger partial charge in [-0.15, -0.1) is 0 Å². The lowest BCUT2D eigenvalue weighted by molar-refractivity contribution is 0.480. The van der Waals surface area contributed by atoms with Crippen molar-refractivity contribution in [1.29, 1.82) is 0 Å². The maximum absolute atomic E-state index is 6.02. The lowest BCUT2D eigenvalue weighted by atomic mass is 10.2. The fourth-order valence-electron chi connectivity index (χ4n) is 3.44. The van der Waals surface area contributed by atoms with E-state index in [4.69, 9.17) is 9.72 Å². The van der Waals surface area contributed by atoms with E-state index in [0.717, 1.165) is 34.4 Å². The smallest absolute Gasteiger partial charge is 0.158 e. The molecule has 0 N–H and O–H groups in total. The van der Waals surface area contributed by atoms with Crippen LogP contribution < -0.4 is 14.5 Å². The number of benzene rings is 3. The maximum Gasteiger partial charge on any atom is 0.158 e. The van der Waals surface area contributed by atoms with Gasteiger partial charge in [0.15, 0.2) is 5.82 Å². The Morgan fingerprint density at radius 2 is 1.21 bits per heavy atom. The number of rotatable bonds is 4. The summed E-state index contributed by atoms with van der Waals surface area (Å²) >= 11 is 0. The second-order valence-corrected chi connectivity index (χ2v) is 6.60. The van der Waals surface area contributed by atoms with Crippen LogP contribution in [0.2, 0.25) is 0 Å². The molecule has 0 spiro atoms. The van der Waals surface area contributed by atoms with E-state index in [-0.39, 0.29) is 0 Å². The van der Waals surface area contributed by atoms with Gasteiger partial charge in [-0.2, -0.15) is 0 Å². The zero-order chi connectivity index (χ0) is 18.8. The largest absolute Gasteiger partial charge is 0.456 e. The minimum Gasteiger partial charge on any atom is -0.456 e. The third-order valence-electron chi connectivity index (χ3n) is 4.77. The van der Waals surface area contributed by atoms with Crippen LogP contribution >= 0.6 is 0 Å². The molecule has 4 nitrogen and oxygen atoms in total. The predicted molar refractivity (Wildman–Crippen MR) is 113 cm³/mol. The quantitative estimate of drug-likeness (QED) is 0.435. The maximum atomic E-state index is 6.02. The van der Waals surface area contributed by atoms with Crippen molar-refractivity contribution < 1.29 is 4.74 Å². The Balaban J connectivity index is 1.56. The van der Waals surface area contributed by atoms with Gasteiger partial charge in [-0.25, -0.2) is 4.98 Å². The molecule has 0 bridgehead atoms. The first-order chi connectivity index (χ1) is 13.9. The highest BCUT2D eigenvalue weighted by Crippen LogP contribution is 2.44. The van der Waals surface area contributed by atoms with Crippen molar-refractivity contribution in [1.82, 2.24) is 4.98 Å². The van der Waals surface area contributed by atoms with Gasteiger partial charge in [-0.3, -0.25) is 0 Å². The molecule has 0 saturated heterocycles. The summed E-state index contributed by atoms with van der Waals surface area (Å²) in [5, 5.41) is 0. The molecule has 0 radical (unpaired) electrons. The number of hydrogen-bond acceptors (Lipinski definition) is 4. The minimum atomic E-state index is 0.700. The summed E-state index contributed by atoms with van der Waals surface area (Å²) in [5.74, 6) is 2.45. The fraction of sp³-hybridized carbons (Fsp3) is 0.0417. The Hall–Kier alpha value is -3.79. The number of anilines is 4. The van der Waals surface area contributed by atoms with Crippen molar-refractivity contribution >= 4 is 22.9 Å². The number of ether oxygens (including phenoxy) is 1. The highest BCUT2D eigenvalue weighted by atomic mass is 16.5. The van der Waals surface area contributed by atoms with Crippen LogP contribution in [0.3, 0.4) is 0 Å². The molecule has 3 aromatic carbocycles. The van der Waals surface area contributed by atoms with Gasteiger partial charge >= 0.3 is 0 Å². The van der Waals surface area contributed by atoms with Gasteiger partial charge in [0.2, 0.25) is 0 Å². The molecule has 4 heteroatoms. The molecule has 0 aliphatic carbocycles. The number of para-hydroxylation sites is 3. The molecule has 1 aromatic heterocycles. The fourth-order valence-corrected chi connectivity index (χ4v) is 3.44. The number of hydrogen-bond donors (Lipinski definition) is 0. The van der Waals surface area contributed by atoms with E-state index in [0.29, 0.717) is 6.67 Å². The van der Waals surface area contributed by atoms with Gasteiger partial charge in [-0.05, 0) is 36.4 Å². The van der Waals surface area contributed by atoms with E-state index in [2.05, 4.69) is 52.3 Å². The molecule has 28 heavy (non-hydrogen) atoms. The molecule has 1 aliphatic rings. The summed E-state index contributed by atoms with van der Waals surface area (Å²) in [6.45, 7) is 0.700. The molecular weight excluding hydrogens is 346 g/mol. The SMILES string of the molecule is c1ccc(Oc2cnc3c(c2)N(c2ccccc2)CN3c2ccccc2)cc1. The lowest BCUT2D eigenvalue weighted by Gasteiger charge is -2.21. The third kappa shape index (κ3) is 3.05. The van der Waals surface area contributed by atoms with Crippen molar-refractivity contribution in [3.8, 4) is 11.5 Å². The molecule has 5 rings (SSSR count). The summed E-state index contributed by atoms with van der Waals surface area (Å²) in [6.07, 6.45) is 1.79. The van der Waals surface area contributed by atoms with Gasteiger partial charge < -0.3 is 14.5 Å². The molecule has 4 aromatic rings. The van der Waals surface area contributed by atoms with E-state index in [1.165, 1.54) is 0 Å². The molecular formula is C24H19N3O. The number of nitrogens with zero attached hydrogens (tertiary/aromatic N) is 3. The molecule has 0 unspecified atom stereocenters. The van der Waals surface area contributed by atoms with Gasteiger partial charge in [0, 0.05) is 17.4 Å². The highest BCUT2D eigenvalue weighted by Gasteiger charge is 2.30. The van der Waals surface area contributed by atoms with Gasteiger partial charge in [0.25, 0.3) is 0 Å². The first-order valence-electron chi connectivity index (χ1n) is 9.27. The molecule has 0 saturated carbocycles. The van der Waals surface area contributed by atoms with Crippen LogP contribution in [0.1, 0.15) is 0 Å². The van der Waals surface area contributed by atoms with Crippen LogP contribution in [0.4, 0.5) is 22.9 Å². The highest BCUT2D eigenvalue weighted by molar-refractivity contribution is 5.85. The number of fused-ring (bicyclic) bond motifs is 1. The average Bonchev–Trinajstić information content (AvgIpc) is 3.15. The lowest BCUT2D eigenvalue weighted by Crippen LogP contribution is -2.23. The first kappa shape index (κ1) is 16.4. The standard InChI is InChI=1S/C24H19N3O/c1-4-10-19(11-5-1)26-18-27(20-12-6-2-7-13-20)24-23(26)16-22(17-25-24)28-21-14-8-3-9-15-21/h1-17H,18H2. The Morgan fingerprint density at radius 3 is 1.86 bits per heavy atom. The zero-order valence-corrected chi connectivity index (χ0v) is 15.3. The topological polar surface area (TPSA) is 28.6 Å². The molecule has 0 amide bonds. The van der Waals surface area contributed by atoms with Crippen molar-refractivity contribution in [2.75, 3.05) is 16.5 Å². The van der Waals surface area contributed by atoms with Crippen molar-refractivity contribution in [3.63, 3.8) is 0 Å². The molecule has 136 valence electrons. The van der Waals surface area contributed by atoms with E-state index in [9.17, 15) is 0 Å². The van der Waals surface area contributed by atoms with Crippen molar-refractivity contribution in [2.24, 2.45) is 0 Å². The van der Waals surface area contributed by atoms with Crippen molar-refractivity contribution in [3.05, 3.63) is 103 Å². The first-order valence-corrected chi connectivity index (χ1v) is 9.27. The van der Waals surface area contributed by atoms with E-state index in [1.54, 1.807) is 6.20 Å². The summed E-state index contributed by atoms with van der Waals surface area (Å²) in [7, 11) is 0. The Labute approximate surface area is 164 Å². The molecule has 0 fully saturated rings. The minimum absolute atomic E-state index is 0.700. The molecule has 0 atom stereocenters. The molecule has 2 heterocycles. The van der Waals surface area contributed by atoms with Gasteiger partial charge in [0.05, 0.1) is 11.9 Å². The Kier molecular flexibility index (Phi) is 4.14. The summed E-state index contributed by atoms with van der Waals surface area (Å²) in [5.41, 5.74) is 3.27. The van der Waals surface area contributed by atoms with Gasteiger partial charge in [0.1, 0.15) is 18.2 Å². The van der Waals surface area contributed by atoms with Crippen LogP contribution in [-0.4, -0.2) is 11.7 Å². The number of pyridine rings is 1. The van der Waals surface area contributed by atoms with Crippen molar-refractivity contribution in [2.45, 2.75) is 0 Å². The third-order valence-corrected chi connectivity index (χ3v) is 4.77. The van der Waals surface area contributed by atoms with Crippen LogP contribution in [-0.2, 0) is 0 Å². The predicted octanol–water partition coefficient (Wildman–Crippen LogP) is 6.12. The summed E-state index contributed by atoms with van der Waals surface area (Å²) < 4.78 is 6.02. The van der Waals surface area contributed by atoms with E-state index < -0.39 is 0 Å². The summed E-state index contributed by atoms with van der Waals surface area (Å²) in [4.78, 5) is 9.22. The van der Waals surface area contributed by atoms with Crippen LogP contribution in [0.5, 0.6) is 11.5 Å². The van der Waals surface area contributed by atoms with Crippen LogP contribution in [0.15, 0.2) is 103 Å². The summed E-state index contributed by atoms with van der Waals surface area (Å²) in [6, 6.07) is 32.5. The van der Waals surface area contributed by atoms with E-state index >= 15 is 0 Å². The number of aromatic nitrogens is 1. The normalized spacial score (nSPS) is 12.7. The molecule has 1 aliphatic heterocycles. The van der Waals surface area contributed by atoms with E-state index in [1.807, 2.05) is 54.6 Å². The zero-order valence-electron chi connectivity index (χ0n) is 15.3. The van der Waals surface area contributed by atoms with Crippen LogP contribution in [0, 0.1) is 0 Å². The monoisotopic (exact) mass is 365 g/mol.